The molecular weight excluding hydrogens is 398 g/mol. The average molecular weight is 430 g/mol. The summed E-state index contributed by atoms with van der Waals surface area (Å²) in [6.07, 6.45) is 0.525. The first-order valence-corrected chi connectivity index (χ1v) is 10.0. The van der Waals surface area contributed by atoms with Crippen LogP contribution in [0, 0.1) is 0 Å². The number of hydrogen-bond acceptors (Lipinski definition) is 6. The molecule has 0 aliphatic heterocycles. The van der Waals surface area contributed by atoms with Crippen molar-refractivity contribution in [3.63, 3.8) is 0 Å². The Hall–Kier alpha value is -3.22. The minimum absolute atomic E-state index is 0.0377. The number of methoxy groups -OCH3 is 3. The molecule has 0 radical (unpaired) electrons. The lowest BCUT2D eigenvalue weighted by Gasteiger charge is -2.19. The van der Waals surface area contributed by atoms with E-state index in [1.54, 1.807) is 12.1 Å². The maximum Gasteiger partial charge on any atom is 0.306 e. The zero-order valence-electron chi connectivity index (χ0n) is 19.0. The van der Waals surface area contributed by atoms with E-state index < -0.39 is 5.97 Å². The fourth-order valence-corrected chi connectivity index (χ4v) is 2.99. The Labute approximate surface area is 183 Å². The molecule has 0 fully saturated rings. The molecule has 1 N–H and O–H groups in total. The van der Waals surface area contributed by atoms with Crippen LogP contribution in [0.15, 0.2) is 36.4 Å². The van der Waals surface area contributed by atoms with Crippen LogP contribution in [-0.2, 0) is 26.2 Å². The van der Waals surface area contributed by atoms with Crippen molar-refractivity contribution in [2.45, 2.75) is 39.0 Å². The van der Waals surface area contributed by atoms with Crippen LogP contribution in [0.25, 0.3) is 0 Å². The molecule has 0 spiro atoms. The maximum atomic E-state index is 12.1. The van der Waals surface area contributed by atoms with Crippen LogP contribution in [-0.4, -0.2) is 39.8 Å². The number of amides is 1. The minimum Gasteiger partial charge on any atom is -0.493 e. The molecule has 0 bridgehead atoms. The van der Waals surface area contributed by atoms with E-state index in [1.807, 2.05) is 24.3 Å². The monoisotopic (exact) mass is 429 g/mol. The van der Waals surface area contributed by atoms with E-state index in [4.69, 9.17) is 18.9 Å². The molecule has 7 nitrogen and oxygen atoms in total. The standard InChI is InChI=1S/C24H31NO6/c1-24(2,3)17-8-10-18(11-9-17)25-21(26)15-31-22(27)12-7-16-13-19(28-4)23(30-6)20(14-16)29-5/h8-11,13-14H,7,12,15H2,1-6H3,(H,25,26). The normalized spacial score (nSPS) is 10.9. The fourth-order valence-electron chi connectivity index (χ4n) is 2.99. The molecule has 2 rings (SSSR count). The van der Waals surface area contributed by atoms with Crippen molar-refractivity contribution in [2.24, 2.45) is 0 Å². The van der Waals surface area contributed by atoms with Gasteiger partial charge in [0.05, 0.1) is 21.3 Å². The van der Waals surface area contributed by atoms with Gasteiger partial charge in [0.25, 0.3) is 5.91 Å². The highest BCUT2D eigenvalue weighted by molar-refractivity contribution is 5.92. The Morgan fingerprint density at radius 2 is 1.48 bits per heavy atom. The number of hydrogen-bond donors (Lipinski definition) is 1. The molecule has 0 aliphatic carbocycles. The summed E-state index contributed by atoms with van der Waals surface area (Å²) in [6.45, 7) is 6.03. The van der Waals surface area contributed by atoms with Crippen LogP contribution >= 0.6 is 0 Å². The number of carbonyl (C=O) groups excluding carboxylic acids is 2. The Kier molecular flexibility index (Phi) is 8.30. The maximum absolute atomic E-state index is 12.1. The molecule has 31 heavy (non-hydrogen) atoms. The third kappa shape index (κ3) is 6.91. The second kappa shape index (κ2) is 10.7. The second-order valence-electron chi connectivity index (χ2n) is 8.07. The van der Waals surface area contributed by atoms with E-state index in [0.717, 1.165) is 5.56 Å². The van der Waals surface area contributed by atoms with Gasteiger partial charge in [-0.2, -0.15) is 0 Å². The van der Waals surface area contributed by atoms with Gasteiger partial charge in [-0.05, 0) is 47.2 Å². The number of carbonyl (C=O) groups is 2. The van der Waals surface area contributed by atoms with Gasteiger partial charge in [0, 0.05) is 12.1 Å². The molecule has 168 valence electrons. The predicted molar refractivity (Wildman–Crippen MR) is 119 cm³/mol. The number of ether oxygens (including phenoxy) is 4. The number of esters is 1. The van der Waals surface area contributed by atoms with E-state index in [9.17, 15) is 9.59 Å². The van der Waals surface area contributed by atoms with Crippen LogP contribution in [0.3, 0.4) is 0 Å². The smallest absolute Gasteiger partial charge is 0.306 e. The second-order valence-corrected chi connectivity index (χ2v) is 8.07. The summed E-state index contributed by atoms with van der Waals surface area (Å²) in [5.41, 5.74) is 2.70. The third-order valence-corrected chi connectivity index (χ3v) is 4.74. The number of rotatable bonds is 9. The molecule has 0 aromatic heterocycles. The van der Waals surface area contributed by atoms with Crippen LogP contribution in [0.2, 0.25) is 0 Å². The highest BCUT2D eigenvalue weighted by Gasteiger charge is 2.15. The van der Waals surface area contributed by atoms with Crippen molar-refractivity contribution in [3.05, 3.63) is 47.5 Å². The van der Waals surface area contributed by atoms with E-state index in [0.29, 0.717) is 29.4 Å². The van der Waals surface area contributed by atoms with Crippen LogP contribution < -0.4 is 19.5 Å². The zero-order chi connectivity index (χ0) is 23.0. The molecule has 0 heterocycles. The summed E-state index contributed by atoms with van der Waals surface area (Å²) < 4.78 is 21.0. The molecule has 0 atom stereocenters. The number of anilines is 1. The van der Waals surface area contributed by atoms with Crippen molar-refractivity contribution in [2.75, 3.05) is 33.3 Å². The lowest BCUT2D eigenvalue weighted by Crippen LogP contribution is -2.21. The topological polar surface area (TPSA) is 83.1 Å². The van der Waals surface area contributed by atoms with Gasteiger partial charge < -0.3 is 24.3 Å². The van der Waals surface area contributed by atoms with Gasteiger partial charge >= 0.3 is 5.97 Å². The van der Waals surface area contributed by atoms with Gasteiger partial charge in [-0.25, -0.2) is 0 Å². The summed E-state index contributed by atoms with van der Waals surface area (Å²) in [5.74, 6) is 0.671. The lowest BCUT2D eigenvalue weighted by molar-refractivity contribution is -0.147. The van der Waals surface area contributed by atoms with Crippen molar-refractivity contribution < 1.29 is 28.5 Å². The zero-order valence-corrected chi connectivity index (χ0v) is 19.0. The summed E-state index contributed by atoms with van der Waals surface area (Å²) >= 11 is 0. The molecule has 2 aromatic carbocycles. The lowest BCUT2D eigenvalue weighted by atomic mass is 9.87. The minimum atomic E-state index is -0.466. The van der Waals surface area contributed by atoms with Crippen molar-refractivity contribution in [1.82, 2.24) is 0 Å². The SMILES string of the molecule is COc1cc(CCC(=O)OCC(=O)Nc2ccc(C(C)(C)C)cc2)cc(OC)c1OC. The van der Waals surface area contributed by atoms with Crippen LogP contribution in [0.4, 0.5) is 5.69 Å². The van der Waals surface area contributed by atoms with Crippen LogP contribution in [0.5, 0.6) is 17.2 Å². The van der Waals surface area contributed by atoms with E-state index in [-0.39, 0.29) is 24.3 Å². The average Bonchev–Trinajstić information content (AvgIpc) is 2.75. The largest absolute Gasteiger partial charge is 0.493 e. The Bertz CT molecular complexity index is 874. The molecule has 7 heteroatoms. The van der Waals surface area contributed by atoms with E-state index in [1.165, 1.54) is 26.9 Å². The number of benzene rings is 2. The van der Waals surface area contributed by atoms with Gasteiger partial charge in [0.15, 0.2) is 18.1 Å². The van der Waals surface area contributed by atoms with Gasteiger partial charge in [-0.15, -0.1) is 0 Å². The third-order valence-electron chi connectivity index (χ3n) is 4.74. The van der Waals surface area contributed by atoms with E-state index >= 15 is 0 Å². The molecular formula is C24H31NO6. The molecule has 0 aliphatic rings. The number of aryl methyl sites for hydroxylation is 1. The first-order valence-electron chi connectivity index (χ1n) is 10.0. The summed E-state index contributed by atoms with van der Waals surface area (Å²) in [4.78, 5) is 24.1. The summed E-state index contributed by atoms with van der Waals surface area (Å²) in [6, 6.07) is 11.2. The van der Waals surface area contributed by atoms with Gasteiger partial charge in [0.1, 0.15) is 0 Å². The molecule has 0 saturated heterocycles. The van der Waals surface area contributed by atoms with Gasteiger partial charge in [-0.3, -0.25) is 9.59 Å². The van der Waals surface area contributed by atoms with Crippen molar-refractivity contribution in [3.8, 4) is 17.2 Å². The molecule has 0 saturated carbocycles. The predicted octanol–water partition coefficient (Wildman–Crippen LogP) is 4.12. The molecule has 0 unspecified atom stereocenters. The highest BCUT2D eigenvalue weighted by Crippen LogP contribution is 2.38. The van der Waals surface area contributed by atoms with E-state index in [2.05, 4.69) is 26.1 Å². The molecule has 1 amide bonds. The fraction of sp³-hybridized carbons (Fsp3) is 0.417. The summed E-state index contributed by atoms with van der Waals surface area (Å²) in [5, 5.41) is 2.73. The first kappa shape index (κ1) is 24.1. The Morgan fingerprint density at radius 3 is 1.97 bits per heavy atom. The van der Waals surface area contributed by atoms with Crippen LogP contribution in [0.1, 0.15) is 38.3 Å². The highest BCUT2D eigenvalue weighted by atomic mass is 16.5. The summed E-state index contributed by atoms with van der Waals surface area (Å²) in [7, 11) is 4.59. The molecule has 2 aromatic rings. The van der Waals surface area contributed by atoms with Gasteiger partial charge in [0.2, 0.25) is 5.75 Å². The van der Waals surface area contributed by atoms with Crippen molar-refractivity contribution >= 4 is 17.6 Å². The Balaban J connectivity index is 1.85. The van der Waals surface area contributed by atoms with Crippen molar-refractivity contribution in [1.29, 1.82) is 0 Å². The Morgan fingerprint density at radius 1 is 0.903 bits per heavy atom. The quantitative estimate of drug-likeness (QED) is 0.604. The first-order chi connectivity index (χ1) is 14.7. The number of nitrogens with one attached hydrogen (secondary N) is 1. The van der Waals surface area contributed by atoms with Gasteiger partial charge in [-0.1, -0.05) is 32.9 Å².